The second-order valence-electron chi connectivity index (χ2n) is 9.04. The van der Waals surface area contributed by atoms with Gasteiger partial charge in [0.1, 0.15) is 11.6 Å². The summed E-state index contributed by atoms with van der Waals surface area (Å²) in [6, 6.07) is -0.948. The van der Waals surface area contributed by atoms with Gasteiger partial charge in [-0.15, -0.1) is 6.58 Å². The standard InChI is InChI=1S/C22H33BrN2O6/c1-4-9-24(13(2)3)20(28)18-22-12-14(23)17(31-22)15(21(29)30)16(22)19(27)25(18)10-7-5-6-8-11-26/h4,13-18,26H,1,5-12H2,2-3H3,(H,29,30)/t14?,15-,16+,17-,18-,22+/m0/s1. The molecule has 0 saturated carbocycles. The molecule has 2 N–H and O–H groups in total. The van der Waals surface area contributed by atoms with Gasteiger partial charge in [-0.25, -0.2) is 0 Å². The number of likely N-dealkylation sites (tertiary alicyclic amines) is 1. The van der Waals surface area contributed by atoms with Crippen LogP contribution < -0.4 is 0 Å². The van der Waals surface area contributed by atoms with E-state index in [1.807, 2.05) is 13.8 Å². The number of alkyl halides is 1. The van der Waals surface area contributed by atoms with Gasteiger partial charge in [0, 0.05) is 30.6 Å². The Hall–Kier alpha value is -1.45. The number of unbranched alkanes of at least 4 members (excludes halogenated alkanes) is 3. The van der Waals surface area contributed by atoms with Gasteiger partial charge in [0.25, 0.3) is 0 Å². The highest BCUT2D eigenvalue weighted by atomic mass is 79.9. The van der Waals surface area contributed by atoms with Gasteiger partial charge in [-0.1, -0.05) is 34.8 Å². The van der Waals surface area contributed by atoms with E-state index in [1.54, 1.807) is 15.9 Å². The summed E-state index contributed by atoms with van der Waals surface area (Å²) in [6.07, 6.45) is 4.48. The lowest BCUT2D eigenvalue weighted by atomic mass is 9.70. The Morgan fingerprint density at radius 2 is 2.03 bits per heavy atom. The third-order valence-electron chi connectivity index (χ3n) is 6.85. The number of carboxylic acid groups (broad SMARTS) is 1. The second-order valence-corrected chi connectivity index (χ2v) is 10.2. The van der Waals surface area contributed by atoms with Gasteiger partial charge in [0.05, 0.1) is 17.9 Å². The normalized spacial score (nSPS) is 33.8. The average molecular weight is 501 g/mol. The van der Waals surface area contributed by atoms with Crippen LogP contribution in [0.2, 0.25) is 0 Å². The van der Waals surface area contributed by atoms with Crippen LogP contribution >= 0.6 is 15.9 Å². The zero-order valence-corrected chi connectivity index (χ0v) is 19.8. The van der Waals surface area contributed by atoms with Crippen molar-refractivity contribution in [3.05, 3.63) is 12.7 Å². The summed E-state index contributed by atoms with van der Waals surface area (Å²) in [5.74, 6) is -3.39. The molecular weight excluding hydrogens is 468 g/mol. The predicted octanol–water partition coefficient (Wildman–Crippen LogP) is 1.79. The van der Waals surface area contributed by atoms with Gasteiger partial charge in [0.2, 0.25) is 11.8 Å². The summed E-state index contributed by atoms with van der Waals surface area (Å²) in [4.78, 5) is 42.4. The first-order valence-electron chi connectivity index (χ1n) is 11.1. The van der Waals surface area contributed by atoms with E-state index >= 15 is 0 Å². The average Bonchev–Trinajstić information content (AvgIpc) is 3.29. The fourth-order valence-corrected chi connectivity index (χ4v) is 6.47. The zero-order chi connectivity index (χ0) is 22.9. The molecule has 3 heterocycles. The Labute approximate surface area is 191 Å². The third-order valence-corrected chi connectivity index (χ3v) is 7.69. The van der Waals surface area contributed by atoms with E-state index in [4.69, 9.17) is 9.84 Å². The second kappa shape index (κ2) is 9.58. The molecule has 8 nitrogen and oxygen atoms in total. The summed E-state index contributed by atoms with van der Waals surface area (Å²) in [6.45, 7) is 8.41. The quantitative estimate of drug-likeness (QED) is 0.254. The molecule has 174 valence electrons. The number of hydrogen-bond acceptors (Lipinski definition) is 5. The molecule has 3 aliphatic rings. The minimum atomic E-state index is -1.13. The lowest BCUT2D eigenvalue weighted by Crippen LogP contribution is -2.58. The number of aliphatic hydroxyl groups excluding tert-OH is 1. The van der Waals surface area contributed by atoms with Crippen LogP contribution in [-0.4, -0.2) is 86.1 Å². The topological polar surface area (TPSA) is 107 Å². The number of carbonyl (C=O) groups excluding carboxylic acids is 2. The Kier molecular flexibility index (Phi) is 7.48. The molecule has 6 atom stereocenters. The van der Waals surface area contributed by atoms with Crippen LogP contribution in [0.5, 0.6) is 0 Å². The summed E-state index contributed by atoms with van der Waals surface area (Å²) < 4.78 is 6.26. The lowest BCUT2D eigenvalue weighted by Gasteiger charge is -2.38. The van der Waals surface area contributed by atoms with E-state index in [9.17, 15) is 19.5 Å². The van der Waals surface area contributed by atoms with Crippen LogP contribution in [0, 0.1) is 11.8 Å². The van der Waals surface area contributed by atoms with E-state index in [-0.39, 0.29) is 29.3 Å². The maximum Gasteiger partial charge on any atom is 0.310 e. The Morgan fingerprint density at radius 3 is 2.61 bits per heavy atom. The molecule has 3 aliphatic heterocycles. The van der Waals surface area contributed by atoms with Crippen LogP contribution in [-0.2, 0) is 19.1 Å². The summed E-state index contributed by atoms with van der Waals surface area (Å²) in [7, 11) is 0. The van der Waals surface area contributed by atoms with Crippen molar-refractivity contribution in [3.8, 4) is 0 Å². The fourth-order valence-electron chi connectivity index (χ4n) is 5.53. The zero-order valence-electron chi connectivity index (χ0n) is 18.2. The van der Waals surface area contributed by atoms with Crippen molar-refractivity contribution in [2.75, 3.05) is 19.7 Å². The fraction of sp³-hybridized carbons (Fsp3) is 0.773. The lowest BCUT2D eigenvalue weighted by molar-refractivity contribution is -0.151. The van der Waals surface area contributed by atoms with Gasteiger partial charge in [-0.2, -0.15) is 0 Å². The highest BCUT2D eigenvalue weighted by molar-refractivity contribution is 9.09. The number of carboxylic acids is 1. The van der Waals surface area contributed by atoms with Gasteiger partial charge >= 0.3 is 5.97 Å². The molecule has 0 aromatic rings. The molecule has 0 radical (unpaired) electrons. The van der Waals surface area contributed by atoms with Gasteiger partial charge in [0.15, 0.2) is 0 Å². The molecule has 3 fully saturated rings. The molecule has 2 amide bonds. The van der Waals surface area contributed by atoms with Crippen LogP contribution in [0.1, 0.15) is 46.0 Å². The maximum atomic E-state index is 13.8. The van der Waals surface area contributed by atoms with Crippen molar-refractivity contribution < 1.29 is 29.3 Å². The molecule has 0 aliphatic carbocycles. The first kappa shape index (κ1) is 24.2. The van der Waals surface area contributed by atoms with Gasteiger partial charge in [-0.05, 0) is 33.1 Å². The van der Waals surface area contributed by atoms with Crippen LogP contribution in [0.25, 0.3) is 0 Å². The number of aliphatic hydroxyl groups is 1. The first-order valence-corrected chi connectivity index (χ1v) is 12.0. The smallest absolute Gasteiger partial charge is 0.310 e. The molecule has 1 spiro atoms. The monoisotopic (exact) mass is 500 g/mol. The molecule has 2 bridgehead atoms. The summed E-state index contributed by atoms with van der Waals surface area (Å²) in [5.41, 5.74) is -1.13. The number of rotatable bonds is 11. The highest BCUT2D eigenvalue weighted by Crippen LogP contribution is 2.60. The van der Waals surface area contributed by atoms with Crippen molar-refractivity contribution in [1.82, 2.24) is 9.80 Å². The number of nitrogens with zero attached hydrogens (tertiary/aromatic N) is 2. The van der Waals surface area contributed by atoms with Crippen molar-refractivity contribution >= 4 is 33.7 Å². The molecular formula is C22H33BrN2O6. The van der Waals surface area contributed by atoms with Crippen molar-refractivity contribution in [2.24, 2.45) is 11.8 Å². The number of amides is 2. The number of ether oxygens (including phenoxy) is 1. The minimum absolute atomic E-state index is 0.101. The maximum absolute atomic E-state index is 13.8. The summed E-state index contributed by atoms with van der Waals surface area (Å²) in [5, 5.41) is 18.9. The molecule has 9 heteroatoms. The molecule has 3 rings (SSSR count). The number of carbonyl (C=O) groups is 3. The Morgan fingerprint density at radius 1 is 1.35 bits per heavy atom. The third kappa shape index (κ3) is 4.04. The first-order chi connectivity index (χ1) is 14.7. The SMILES string of the molecule is C=CCN(C(=O)[C@@H]1N(CCCCCCO)C(=O)[C@H]2[C@H](C(=O)O)[C@H]3O[C@@]12CC3Br)C(C)C. The molecule has 0 aromatic heterocycles. The van der Waals surface area contributed by atoms with E-state index in [0.29, 0.717) is 32.4 Å². The molecule has 0 aromatic carbocycles. The van der Waals surface area contributed by atoms with Crippen LogP contribution in [0.3, 0.4) is 0 Å². The summed E-state index contributed by atoms with van der Waals surface area (Å²) >= 11 is 3.55. The van der Waals surface area contributed by atoms with E-state index in [2.05, 4.69) is 22.5 Å². The molecule has 3 saturated heterocycles. The van der Waals surface area contributed by atoms with Crippen LogP contribution in [0.4, 0.5) is 0 Å². The number of hydrogen-bond donors (Lipinski definition) is 2. The largest absolute Gasteiger partial charge is 0.481 e. The van der Waals surface area contributed by atoms with Crippen molar-refractivity contribution in [1.29, 1.82) is 0 Å². The van der Waals surface area contributed by atoms with E-state index in [1.165, 1.54) is 0 Å². The number of halogens is 1. The highest BCUT2D eigenvalue weighted by Gasteiger charge is 2.76. The molecule has 31 heavy (non-hydrogen) atoms. The van der Waals surface area contributed by atoms with E-state index < -0.39 is 35.6 Å². The number of aliphatic carboxylic acids is 1. The Bertz CT molecular complexity index is 731. The predicted molar refractivity (Wildman–Crippen MR) is 118 cm³/mol. The molecule has 1 unspecified atom stereocenters. The van der Waals surface area contributed by atoms with Gasteiger partial charge < -0.3 is 24.7 Å². The Balaban J connectivity index is 1.96. The number of fused-ring (bicyclic) bond motifs is 1. The van der Waals surface area contributed by atoms with E-state index in [0.717, 1.165) is 12.8 Å². The van der Waals surface area contributed by atoms with Crippen LogP contribution in [0.15, 0.2) is 12.7 Å². The minimum Gasteiger partial charge on any atom is -0.481 e. The van der Waals surface area contributed by atoms with Crippen molar-refractivity contribution in [2.45, 2.75) is 74.6 Å². The van der Waals surface area contributed by atoms with Gasteiger partial charge in [-0.3, -0.25) is 14.4 Å². The van der Waals surface area contributed by atoms with Crippen molar-refractivity contribution in [3.63, 3.8) is 0 Å².